The Morgan fingerprint density at radius 3 is 2.70 bits per heavy atom. The van der Waals surface area contributed by atoms with E-state index in [1.807, 2.05) is 36.4 Å². The Morgan fingerprint density at radius 1 is 1.19 bits per heavy atom. The third kappa shape index (κ3) is 3.86. The third-order valence-corrected chi connectivity index (χ3v) is 5.15. The van der Waals surface area contributed by atoms with Gasteiger partial charge in [0.15, 0.2) is 0 Å². The molecule has 0 bridgehead atoms. The Morgan fingerprint density at radius 2 is 2.00 bits per heavy atom. The highest BCUT2D eigenvalue weighted by molar-refractivity contribution is 6.31. The Hall–Kier alpha value is -2.32. The number of morpholine rings is 1. The number of aliphatic hydroxyl groups is 1. The number of aromatic amines is 1. The molecule has 0 saturated carbocycles. The van der Waals surface area contributed by atoms with Crippen molar-refractivity contribution in [3.63, 3.8) is 0 Å². The van der Waals surface area contributed by atoms with E-state index < -0.39 is 0 Å². The van der Waals surface area contributed by atoms with E-state index in [2.05, 4.69) is 37.7 Å². The Bertz CT molecular complexity index is 872. The average molecular weight is 386 g/mol. The number of nitrogens with zero attached hydrogens (tertiary/aromatic N) is 4. The number of benzene rings is 2. The molecule has 2 heterocycles. The van der Waals surface area contributed by atoms with Gasteiger partial charge in [0.2, 0.25) is 5.82 Å². The maximum Gasteiger partial charge on any atom is 0.204 e. The fourth-order valence-corrected chi connectivity index (χ4v) is 3.75. The lowest BCUT2D eigenvalue weighted by Crippen LogP contribution is -2.46. The van der Waals surface area contributed by atoms with Gasteiger partial charge < -0.3 is 9.84 Å². The highest BCUT2D eigenvalue weighted by Crippen LogP contribution is 2.34. The summed E-state index contributed by atoms with van der Waals surface area (Å²) in [4.78, 5) is 2.30. The van der Waals surface area contributed by atoms with Crippen molar-refractivity contribution >= 4 is 11.6 Å². The van der Waals surface area contributed by atoms with Gasteiger partial charge in [-0.05, 0) is 22.4 Å². The summed E-state index contributed by atoms with van der Waals surface area (Å²) in [5.74, 6) is 0.571. The molecule has 2 atom stereocenters. The number of hydrogen-bond acceptors (Lipinski definition) is 6. The van der Waals surface area contributed by atoms with E-state index in [4.69, 9.17) is 16.3 Å². The van der Waals surface area contributed by atoms with Gasteiger partial charge in [-0.2, -0.15) is 5.21 Å². The molecule has 1 aliphatic heterocycles. The Balaban J connectivity index is 1.58. The predicted octanol–water partition coefficient (Wildman–Crippen LogP) is 2.45. The van der Waals surface area contributed by atoms with Crippen LogP contribution in [0.4, 0.5) is 0 Å². The molecule has 0 amide bonds. The smallest absolute Gasteiger partial charge is 0.204 e. The van der Waals surface area contributed by atoms with E-state index in [9.17, 15) is 5.11 Å². The molecule has 4 rings (SSSR count). The van der Waals surface area contributed by atoms with Crippen LogP contribution in [0.5, 0.6) is 0 Å². The van der Waals surface area contributed by atoms with Crippen molar-refractivity contribution < 1.29 is 9.84 Å². The number of rotatable bonds is 5. The van der Waals surface area contributed by atoms with E-state index in [-0.39, 0.29) is 18.8 Å². The molecule has 140 valence electrons. The highest BCUT2D eigenvalue weighted by Gasteiger charge is 2.34. The third-order valence-electron chi connectivity index (χ3n) is 4.80. The molecule has 1 saturated heterocycles. The van der Waals surface area contributed by atoms with Gasteiger partial charge in [0.1, 0.15) is 6.10 Å². The second-order valence-electron chi connectivity index (χ2n) is 6.46. The first-order valence-electron chi connectivity index (χ1n) is 8.80. The number of tetrazole rings is 1. The van der Waals surface area contributed by atoms with Crippen molar-refractivity contribution in [2.45, 2.75) is 18.7 Å². The Labute approximate surface area is 161 Å². The van der Waals surface area contributed by atoms with Gasteiger partial charge in [0.05, 0.1) is 19.3 Å². The number of hydrogen-bond donors (Lipinski definition) is 2. The normalized spacial score (nSPS) is 20.7. The second kappa shape index (κ2) is 8.14. The van der Waals surface area contributed by atoms with Crippen molar-refractivity contribution in [3.8, 4) is 11.4 Å². The van der Waals surface area contributed by atoms with Gasteiger partial charge in [-0.3, -0.25) is 4.90 Å². The molecular weight excluding hydrogens is 366 g/mol. The molecule has 1 aromatic heterocycles. The molecule has 7 nitrogen and oxygen atoms in total. The van der Waals surface area contributed by atoms with Gasteiger partial charge in [-0.15, -0.1) is 10.2 Å². The van der Waals surface area contributed by atoms with Gasteiger partial charge in [-0.25, -0.2) is 0 Å². The van der Waals surface area contributed by atoms with Crippen LogP contribution in [0.2, 0.25) is 5.02 Å². The van der Waals surface area contributed by atoms with Gasteiger partial charge in [0.25, 0.3) is 0 Å². The van der Waals surface area contributed by atoms with E-state index in [0.29, 0.717) is 17.5 Å². The number of halogens is 1. The van der Waals surface area contributed by atoms with Crippen LogP contribution in [-0.4, -0.2) is 56.5 Å². The average Bonchev–Trinajstić information content (AvgIpc) is 3.24. The molecule has 1 fully saturated rings. The van der Waals surface area contributed by atoms with Gasteiger partial charge in [0, 0.05) is 23.7 Å². The summed E-state index contributed by atoms with van der Waals surface area (Å²) >= 11 is 6.44. The summed E-state index contributed by atoms with van der Waals surface area (Å²) in [7, 11) is 0. The predicted molar refractivity (Wildman–Crippen MR) is 101 cm³/mol. The molecule has 27 heavy (non-hydrogen) atoms. The molecule has 2 N–H and O–H groups in total. The zero-order valence-corrected chi connectivity index (χ0v) is 15.4. The van der Waals surface area contributed by atoms with Crippen molar-refractivity contribution in [1.29, 1.82) is 0 Å². The van der Waals surface area contributed by atoms with E-state index in [0.717, 1.165) is 29.8 Å². The highest BCUT2D eigenvalue weighted by atomic mass is 35.5. The number of aliphatic hydroxyl groups excluding tert-OH is 1. The van der Waals surface area contributed by atoms with E-state index >= 15 is 0 Å². The van der Waals surface area contributed by atoms with E-state index in [1.54, 1.807) is 0 Å². The summed E-state index contributed by atoms with van der Waals surface area (Å²) in [6.07, 6.45) is -0.308. The summed E-state index contributed by atoms with van der Waals surface area (Å²) in [6.45, 7) is 2.01. The summed E-state index contributed by atoms with van der Waals surface area (Å²) in [5, 5.41) is 24.6. The lowest BCUT2D eigenvalue weighted by Gasteiger charge is -2.41. The van der Waals surface area contributed by atoms with Crippen molar-refractivity contribution in [3.05, 3.63) is 64.7 Å². The fourth-order valence-electron chi connectivity index (χ4n) is 3.51. The monoisotopic (exact) mass is 385 g/mol. The van der Waals surface area contributed by atoms with Gasteiger partial charge >= 0.3 is 0 Å². The molecule has 2 aromatic carbocycles. The van der Waals surface area contributed by atoms with Crippen LogP contribution < -0.4 is 0 Å². The van der Waals surface area contributed by atoms with Crippen molar-refractivity contribution in [1.82, 2.24) is 25.5 Å². The minimum Gasteiger partial charge on any atom is -0.394 e. The second-order valence-corrected chi connectivity index (χ2v) is 6.87. The first-order valence-corrected chi connectivity index (χ1v) is 9.18. The lowest BCUT2D eigenvalue weighted by molar-refractivity contribution is -0.0960. The molecular formula is C19H20ClN5O2. The Kier molecular flexibility index (Phi) is 5.45. The van der Waals surface area contributed by atoms with Crippen LogP contribution in [0, 0.1) is 0 Å². The number of H-pyrrole nitrogens is 1. The van der Waals surface area contributed by atoms with Gasteiger partial charge in [-0.1, -0.05) is 54.1 Å². The molecule has 8 heteroatoms. The summed E-state index contributed by atoms with van der Waals surface area (Å²) in [5.41, 5.74) is 3.03. The zero-order chi connectivity index (χ0) is 18.6. The first kappa shape index (κ1) is 18.1. The minimum absolute atomic E-state index is 0.0524. The summed E-state index contributed by atoms with van der Waals surface area (Å²) < 4.78 is 5.81. The molecule has 0 aliphatic carbocycles. The number of aromatic nitrogens is 4. The minimum atomic E-state index is -0.308. The topological polar surface area (TPSA) is 87.2 Å². The van der Waals surface area contributed by atoms with Crippen LogP contribution >= 0.6 is 11.6 Å². The van der Waals surface area contributed by atoms with E-state index in [1.165, 1.54) is 0 Å². The van der Waals surface area contributed by atoms with Crippen LogP contribution in [-0.2, 0) is 11.3 Å². The quantitative estimate of drug-likeness (QED) is 0.701. The van der Waals surface area contributed by atoms with Crippen LogP contribution in [0.15, 0.2) is 48.5 Å². The van der Waals surface area contributed by atoms with Crippen LogP contribution in [0.3, 0.4) is 0 Å². The standard InChI is InChI=1S/C19H20ClN5O2/c20-16-4-2-1-3-15(16)18-17(12-26)27-10-9-25(18)11-13-5-7-14(8-6-13)19-21-23-24-22-19/h1-8,17-18,26H,9-12H2,(H,21,22,23,24)/t17-,18-/m0/s1. The maximum atomic E-state index is 9.82. The SMILES string of the molecule is OC[C@@H]1OCCN(Cc2ccc(-c3nn[nH]n3)cc2)[C@H]1c1ccccc1Cl. The largest absolute Gasteiger partial charge is 0.394 e. The number of ether oxygens (including phenoxy) is 1. The summed E-state index contributed by atoms with van der Waals surface area (Å²) in [6, 6.07) is 15.7. The molecule has 3 aromatic rings. The molecule has 0 radical (unpaired) electrons. The van der Waals surface area contributed by atoms with Crippen molar-refractivity contribution in [2.75, 3.05) is 19.8 Å². The zero-order valence-electron chi connectivity index (χ0n) is 14.6. The maximum absolute atomic E-state index is 9.82. The first-order chi connectivity index (χ1) is 13.3. The molecule has 0 unspecified atom stereocenters. The van der Waals surface area contributed by atoms with Crippen LogP contribution in [0.25, 0.3) is 11.4 Å². The lowest BCUT2D eigenvalue weighted by atomic mass is 9.97. The van der Waals surface area contributed by atoms with Crippen LogP contribution in [0.1, 0.15) is 17.2 Å². The fraction of sp³-hybridized carbons (Fsp3) is 0.316. The molecule has 1 aliphatic rings. The van der Waals surface area contributed by atoms with Crippen molar-refractivity contribution in [2.24, 2.45) is 0 Å². The number of nitrogens with one attached hydrogen (secondary N) is 1. The molecule has 0 spiro atoms.